The van der Waals surface area contributed by atoms with Gasteiger partial charge in [-0.15, -0.1) is 0 Å². The van der Waals surface area contributed by atoms with Gasteiger partial charge in [0.2, 0.25) is 0 Å². The number of carbonyl (C=O) groups is 1. The van der Waals surface area contributed by atoms with Gasteiger partial charge in [-0.2, -0.15) is 0 Å². The minimum absolute atomic E-state index is 0.0889. The second kappa shape index (κ2) is 13.7. The summed E-state index contributed by atoms with van der Waals surface area (Å²) >= 11 is 0. The third-order valence-corrected chi connectivity index (χ3v) is 7.34. The van der Waals surface area contributed by atoms with Gasteiger partial charge in [0.05, 0.1) is 13.2 Å². The molecule has 212 valence electrons. The van der Waals surface area contributed by atoms with Crippen LogP contribution < -0.4 is 0 Å². The van der Waals surface area contributed by atoms with Crippen molar-refractivity contribution in [2.45, 2.75) is 55.8 Å². The normalized spacial score (nSPS) is 24.2. The Balaban J connectivity index is 1.41. The SMILES string of the molecule is O=C(O[C@H]1[C@@H](O)[C@@H](O)[C@H](OCc2ccccc2)[C@@H](O)[C@@H]1OCc1ccccc1)C(c1ccccc1)c1ccccc1. The second-order valence-corrected chi connectivity index (χ2v) is 10.2. The maximum absolute atomic E-state index is 13.8. The van der Waals surface area contributed by atoms with E-state index in [0.717, 1.165) is 11.1 Å². The quantitative estimate of drug-likeness (QED) is 0.255. The van der Waals surface area contributed by atoms with Crippen LogP contribution in [0.25, 0.3) is 0 Å². The van der Waals surface area contributed by atoms with E-state index in [1.54, 1.807) is 0 Å². The van der Waals surface area contributed by atoms with Crippen molar-refractivity contribution >= 4 is 5.97 Å². The van der Waals surface area contributed by atoms with Crippen molar-refractivity contribution in [1.29, 1.82) is 0 Å². The molecule has 7 nitrogen and oxygen atoms in total. The van der Waals surface area contributed by atoms with Crippen LogP contribution >= 0.6 is 0 Å². The Kier molecular flexibility index (Phi) is 9.56. The largest absolute Gasteiger partial charge is 0.456 e. The molecular formula is C34H34O7. The van der Waals surface area contributed by atoms with Gasteiger partial charge in [-0.05, 0) is 22.3 Å². The minimum Gasteiger partial charge on any atom is -0.456 e. The Morgan fingerprint density at radius 3 is 1.39 bits per heavy atom. The van der Waals surface area contributed by atoms with Crippen molar-refractivity contribution in [2.24, 2.45) is 0 Å². The summed E-state index contributed by atoms with van der Waals surface area (Å²) in [5.74, 6) is -1.43. The number of esters is 1. The monoisotopic (exact) mass is 554 g/mol. The zero-order valence-electron chi connectivity index (χ0n) is 22.5. The fourth-order valence-electron chi connectivity index (χ4n) is 5.18. The van der Waals surface area contributed by atoms with Gasteiger partial charge < -0.3 is 29.5 Å². The number of carbonyl (C=O) groups excluding carboxylic acids is 1. The molecule has 1 aliphatic rings. The highest BCUT2D eigenvalue weighted by Gasteiger charge is 2.53. The number of ether oxygens (including phenoxy) is 3. The van der Waals surface area contributed by atoms with Gasteiger partial charge in [0.15, 0.2) is 6.10 Å². The van der Waals surface area contributed by atoms with Crippen LogP contribution in [-0.2, 0) is 32.2 Å². The average molecular weight is 555 g/mol. The highest BCUT2D eigenvalue weighted by atomic mass is 16.6. The first-order valence-electron chi connectivity index (χ1n) is 13.7. The smallest absolute Gasteiger partial charge is 0.318 e. The summed E-state index contributed by atoms with van der Waals surface area (Å²) in [5, 5.41) is 33.7. The Labute approximate surface area is 239 Å². The van der Waals surface area contributed by atoms with Gasteiger partial charge in [0.25, 0.3) is 0 Å². The third kappa shape index (κ3) is 6.90. The maximum atomic E-state index is 13.8. The van der Waals surface area contributed by atoms with Crippen LogP contribution in [0.3, 0.4) is 0 Å². The standard InChI is InChI=1S/C34H34O7/c35-28-29(36)33(41-34(38)27(25-17-9-3-10-18-25)26-19-11-4-12-20-26)32(40-22-24-15-7-2-8-16-24)30(37)31(28)39-21-23-13-5-1-6-14-23/h1-20,27-33,35-37H,21-22H2/t28-,29+,30-,31+,32+,33+/m1/s1. The maximum Gasteiger partial charge on any atom is 0.318 e. The number of aliphatic hydroxyl groups excluding tert-OH is 3. The van der Waals surface area contributed by atoms with Gasteiger partial charge in [-0.1, -0.05) is 121 Å². The van der Waals surface area contributed by atoms with E-state index in [1.165, 1.54) is 0 Å². The van der Waals surface area contributed by atoms with Gasteiger partial charge in [0, 0.05) is 0 Å². The van der Waals surface area contributed by atoms with E-state index in [9.17, 15) is 20.1 Å². The van der Waals surface area contributed by atoms with Crippen molar-refractivity contribution in [3.63, 3.8) is 0 Å². The summed E-state index contributed by atoms with van der Waals surface area (Å²) in [6, 6.07) is 37.0. The van der Waals surface area contributed by atoms with Gasteiger partial charge in [0.1, 0.15) is 36.4 Å². The molecule has 4 aromatic carbocycles. The van der Waals surface area contributed by atoms with Gasteiger partial charge in [-0.3, -0.25) is 4.79 Å². The number of aliphatic hydroxyl groups is 3. The summed E-state index contributed by atoms with van der Waals surface area (Å²) in [6.45, 7) is 0.192. The summed E-state index contributed by atoms with van der Waals surface area (Å²) < 4.78 is 18.0. The molecule has 1 aliphatic carbocycles. The predicted molar refractivity (Wildman–Crippen MR) is 153 cm³/mol. The molecule has 0 unspecified atom stereocenters. The molecular weight excluding hydrogens is 520 g/mol. The van der Waals surface area contributed by atoms with E-state index in [0.29, 0.717) is 11.1 Å². The van der Waals surface area contributed by atoms with E-state index in [1.807, 2.05) is 121 Å². The first kappa shape index (κ1) is 28.7. The lowest BCUT2D eigenvalue weighted by atomic mass is 9.84. The highest BCUT2D eigenvalue weighted by Crippen LogP contribution is 2.33. The predicted octanol–water partition coefficient (Wildman–Crippen LogP) is 4.00. The summed E-state index contributed by atoms with van der Waals surface area (Å²) in [7, 11) is 0. The second-order valence-electron chi connectivity index (χ2n) is 10.2. The highest BCUT2D eigenvalue weighted by molar-refractivity contribution is 5.82. The molecule has 0 spiro atoms. The number of benzene rings is 4. The van der Waals surface area contributed by atoms with Crippen LogP contribution in [-0.4, -0.2) is 57.9 Å². The molecule has 0 heterocycles. The average Bonchev–Trinajstić information content (AvgIpc) is 3.02. The topological polar surface area (TPSA) is 105 Å². The Hall–Kier alpha value is -3.85. The number of hydrogen-bond acceptors (Lipinski definition) is 7. The lowest BCUT2D eigenvalue weighted by molar-refractivity contribution is -0.256. The summed E-state index contributed by atoms with van der Waals surface area (Å²) in [5.41, 5.74) is 3.09. The molecule has 0 aliphatic heterocycles. The Morgan fingerprint density at radius 2 is 0.927 bits per heavy atom. The molecule has 0 aromatic heterocycles. The molecule has 0 bridgehead atoms. The molecule has 4 aromatic rings. The van der Waals surface area contributed by atoms with Crippen molar-refractivity contribution in [1.82, 2.24) is 0 Å². The Morgan fingerprint density at radius 1 is 0.537 bits per heavy atom. The molecule has 1 saturated carbocycles. The number of hydrogen-bond donors (Lipinski definition) is 3. The fraction of sp³-hybridized carbons (Fsp3) is 0.265. The third-order valence-electron chi connectivity index (χ3n) is 7.34. The lowest BCUT2D eigenvalue weighted by Gasteiger charge is -2.45. The fourth-order valence-corrected chi connectivity index (χ4v) is 5.18. The van der Waals surface area contributed by atoms with Crippen molar-refractivity contribution in [3.05, 3.63) is 144 Å². The first-order valence-corrected chi connectivity index (χ1v) is 13.7. The summed E-state index contributed by atoms with van der Waals surface area (Å²) in [4.78, 5) is 13.8. The van der Waals surface area contributed by atoms with E-state index in [-0.39, 0.29) is 13.2 Å². The number of rotatable bonds is 10. The van der Waals surface area contributed by atoms with Crippen molar-refractivity contribution in [2.75, 3.05) is 0 Å². The van der Waals surface area contributed by atoms with E-state index < -0.39 is 48.5 Å². The van der Waals surface area contributed by atoms with Crippen LogP contribution in [0, 0.1) is 0 Å². The Bertz CT molecular complexity index is 1310. The van der Waals surface area contributed by atoms with Gasteiger partial charge in [-0.25, -0.2) is 0 Å². The molecule has 0 amide bonds. The zero-order chi connectivity index (χ0) is 28.6. The lowest BCUT2D eigenvalue weighted by Crippen LogP contribution is -2.66. The first-order chi connectivity index (χ1) is 20.0. The van der Waals surface area contributed by atoms with Crippen LogP contribution in [0.4, 0.5) is 0 Å². The summed E-state index contributed by atoms with van der Waals surface area (Å²) in [6.07, 6.45) is -8.22. The van der Waals surface area contributed by atoms with Crippen LogP contribution in [0.5, 0.6) is 0 Å². The molecule has 3 N–H and O–H groups in total. The molecule has 0 radical (unpaired) electrons. The molecule has 7 heteroatoms. The van der Waals surface area contributed by atoms with Crippen LogP contribution in [0.1, 0.15) is 28.2 Å². The van der Waals surface area contributed by atoms with Gasteiger partial charge >= 0.3 is 5.97 Å². The van der Waals surface area contributed by atoms with Crippen molar-refractivity contribution < 1.29 is 34.3 Å². The van der Waals surface area contributed by atoms with Crippen LogP contribution in [0.15, 0.2) is 121 Å². The molecule has 0 saturated heterocycles. The van der Waals surface area contributed by atoms with E-state index >= 15 is 0 Å². The molecule has 1 fully saturated rings. The van der Waals surface area contributed by atoms with E-state index in [2.05, 4.69) is 0 Å². The van der Waals surface area contributed by atoms with E-state index in [4.69, 9.17) is 14.2 Å². The molecule has 6 atom stereocenters. The molecule has 41 heavy (non-hydrogen) atoms. The molecule has 5 rings (SSSR count). The minimum atomic E-state index is -1.57. The van der Waals surface area contributed by atoms with Crippen molar-refractivity contribution in [3.8, 4) is 0 Å². The zero-order valence-corrected chi connectivity index (χ0v) is 22.5. The van der Waals surface area contributed by atoms with Crippen LogP contribution in [0.2, 0.25) is 0 Å².